The number of aryl methyl sites for hydroxylation is 1. The van der Waals surface area contributed by atoms with Gasteiger partial charge in [-0.1, -0.05) is 31.0 Å². The third-order valence-corrected chi connectivity index (χ3v) is 4.08. The number of aromatic nitrogens is 1. The molecule has 1 aromatic heterocycles. The van der Waals surface area contributed by atoms with Crippen molar-refractivity contribution >= 4 is 29.2 Å². The molecule has 128 valence electrons. The molecule has 1 amide bonds. The van der Waals surface area contributed by atoms with Crippen molar-refractivity contribution in [2.75, 3.05) is 13.1 Å². The van der Waals surface area contributed by atoms with Crippen molar-refractivity contribution in [1.29, 1.82) is 0 Å². The van der Waals surface area contributed by atoms with Gasteiger partial charge in [-0.05, 0) is 43.9 Å². The zero-order chi connectivity index (χ0) is 15.8. The fraction of sp³-hybridized carbons (Fsp3) is 0.500. The summed E-state index contributed by atoms with van der Waals surface area (Å²) in [5.41, 5.74) is 9.17. The maximum absolute atomic E-state index is 11.8. The minimum atomic E-state index is 0. The van der Waals surface area contributed by atoms with Gasteiger partial charge in [0, 0.05) is 30.1 Å². The summed E-state index contributed by atoms with van der Waals surface area (Å²) in [4.78, 5) is 15.1. The number of carbonyl (C=O) groups is 1. The Bertz CT molecular complexity index is 609. The molecule has 0 fully saturated rings. The number of hydrogen-bond donors (Lipinski definition) is 3. The Balaban J connectivity index is 0.00000264. The molecule has 2 rings (SSSR count). The Morgan fingerprint density at radius 3 is 2.78 bits per heavy atom. The monoisotopic (exact) mass is 337 g/mol. The first-order valence-corrected chi connectivity index (χ1v) is 8.24. The van der Waals surface area contributed by atoms with Gasteiger partial charge in [0.05, 0.1) is 0 Å². The molecule has 0 unspecified atom stereocenters. The van der Waals surface area contributed by atoms with E-state index in [0.29, 0.717) is 13.0 Å². The van der Waals surface area contributed by atoms with E-state index in [9.17, 15) is 4.79 Å². The smallest absolute Gasteiger partial charge is 0.220 e. The van der Waals surface area contributed by atoms with Crippen molar-refractivity contribution in [3.05, 3.63) is 35.5 Å². The largest absolute Gasteiger partial charge is 0.361 e. The number of halogens is 1. The van der Waals surface area contributed by atoms with Crippen LogP contribution in [0.3, 0.4) is 0 Å². The highest BCUT2D eigenvalue weighted by Gasteiger charge is 2.06. The van der Waals surface area contributed by atoms with Crippen LogP contribution >= 0.6 is 12.4 Å². The quantitative estimate of drug-likeness (QED) is 0.613. The standard InChI is InChI=1S/C18H27N3O.ClH/c1-14-7-6-8-16-15(13-21-18(14)16)10-12-20-17(22)9-4-2-3-5-11-19;/h6-8,13,21H,2-5,9-12,19H2,1H3,(H,20,22);1H. The Morgan fingerprint density at radius 2 is 2.00 bits per heavy atom. The SMILES string of the molecule is Cc1cccc2c(CCNC(=O)CCCCCCN)c[nH]c12.Cl. The number of hydrogen-bond acceptors (Lipinski definition) is 2. The van der Waals surface area contributed by atoms with Crippen molar-refractivity contribution in [1.82, 2.24) is 10.3 Å². The van der Waals surface area contributed by atoms with Crippen molar-refractivity contribution in [2.24, 2.45) is 5.73 Å². The topological polar surface area (TPSA) is 70.9 Å². The number of H-pyrrole nitrogens is 1. The van der Waals surface area contributed by atoms with E-state index in [4.69, 9.17) is 5.73 Å². The maximum atomic E-state index is 11.8. The molecule has 0 aliphatic heterocycles. The molecular weight excluding hydrogens is 310 g/mol. The first-order chi connectivity index (χ1) is 10.7. The van der Waals surface area contributed by atoms with Crippen LogP contribution < -0.4 is 11.1 Å². The second-order valence-corrected chi connectivity index (χ2v) is 5.86. The number of nitrogens with one attached hydrogen (secondary N) is 2. The molecular formula is C18H28ClN3O. The van der Waals surface area contributed by atoms with Gasteiger partial charge in [0.2, 0.25) is 5.91 Å². The molecule has 23 heavy (non-hydrogen) atoms. The number of carbonyl (C=O) groups excluding carboxylic acids is 1. The average Bonchev–Trinajstić information content (AvgIpc) is 2.92. The second kappa shape index (κ2) is 10.3. The van der Waals surface area contributed by atoms with Crippen LogP contribution in [0.4, 0.5) is 0 Å². The molecule has 4 N–H and O–H groups in total. The van der Waals surface area contributed by atoms with Gasteiger partial charge in [-0.3, -0.25) is 4.79 Å². The molecule has 0 aliphatic rings. The molecule has 1 heterocycles. The van der Waals surface area contributed by atoms with Gasteiger partial charge in [0.15, 0.2) is 0 Å². The summed E-state index contributed by atoms with van der Waals surface area (Å²) in [7, 11) is 0. The van der Waals surface area contributed by atoms with Crippen molar-refractivity contribution in [3.8, 4) is 0 Å². The van der Waals surface area contributed by atoms with Gasteiger partial charge in [-0.25, -0.2) is 0 Å². The molecule has 5 heteroatoms. The summed E-state index contributed by atoms with van der Waals surface area (Å²) in [5.74, 6) is 0.156. The zero-order valence-corrected chi connectivity index (χ0v) is 14.7. The summed E-state index contributed by atoms with van der Waals surface area (Å²) < 4.78 is 0. The van der Waals surface area contributed by atoms with E-state index < -0.39 is 0 Å². The number of aromatic amines is 1. The van der Waals surface area contributed by atoms with Crippen LogP contribution in [0.5, 0.6) is 0 Å². The van der Waals surface area contributed by atoms with Crippen LogP contribution in [0.25, 0.3) is 10.9 Å². The van der Waals surface area contributed by atoms with Crippen molar-refractivity contribution in [2.45, 2.75) is 45.4 Å². The molecule has 0 spiro atoms. The molecule has 0 aliphatic carbocycles. The van der Waals surface area contributed by atoms with E-state index in [0.717, 1.165) is 38.6 Å². The number of benzene rings is 1. The number of para-hydroxylation sites is 1. The van der Waals surface area contributed by atoms with Crippen LogP contribution in [-0.2, 0) is 11.2 Å². The molecule has 1 aromatic carbocycles. The number of fused-ring (bicyclic) bond motifs is 1. The Hall–Kier alpha value is -1.52. The van der Waals surface area contributed by atoms with E-state index in [1.165, 1.54) is 22.0 Å². The van der Waals surface area contributed by atoms with Crippen LogP contribution in [0.2, 0.25) is 0 Å². The van der Waals surface area contributed by atoms with E-state index in [2.05, 4.69) is 41.6 Å². The third-order valence-electron chi connectivity index (χ3n) is 4.08. The van der Waals surface area contributed by atoms with E-state index >= 15 is 0 Å². The van der Waals surface area contributed by atoms with Crippen LogP contribution in [0.15, 0.2) is 24.4 Å². The van der Waals surface area contributed by atoms with Crippen molar-refractivity contribution in [3.63, 3.8) is 0 Å². The Morgan fingerprint density at radius 1 is 1.22 bits per heavy atom. The molecule has 4 nitrogen and oxygen atoms in total. The minimum Gasteiger partial charge on any atom is -0.361 e. The Labute approximate surface area is 144 Å². The highest BCUT2D eigenvalue weighted by molar-refractivity contribution is 5.86. The van der Waals surface area contributed by atoms with Crippen LogP contribution in [0.1, 0.15) is 43.2 Å². The predicted molar refractivity (Wildman–Crippen MR) is 99.1 cm³/mol. The second-order valence-electron chi connectivity index (χ2n) is 5.86. The van der Waals surface area contributed by atoms with E-state index in [1.807, 2.05) is 0 Å². The van der Waals surface area contributed by atoms with E-state index in [-0.39, 0.29) is 18.3 Å². The summed E-state index contributed by atoms with van der Waals surface area (Å²) in [6, 6.07) is 6.32. The highest BCUT2D eigenvalue weighted by atomic mass is 35.5. The number of nitrogens with two attached hydrogens (primary N) is 1. The highest BCUT2D eigenvalue weighted by Crippen LogP contribution is 2.21. The van der Waals surface area contributed by atoms with Gasteiger partial charge in [0.25, 0.3) is 0 Å². The summed E-state index contributed by atoms with van der Waals surface area (Å²) in [6.45, 7) is 3.55. The predicted octanol–water partition coefficient (Wildman–Crippen LogP) is 3.47. The summed E-state index contributed by atoms with van der Waals surface area (Å²) in [5, 5.41) is 4.27. The fourth-order valence-electron chi connectivity index (χ4n) is 2.78. The average molecular weight is 338 g/mol. The number of unbranched alkanes of at least 4 members (excludes halogenated alkanes) is 3. The van der Waals surface area contributed by atoms with Gasteiger partial charge < -0.3 is 16.0 Å². The zero-order valence-electron chi connectivity index (χ0n) is 13.9. The first kappa shape index (κ1) is 19.5. The molecule has 0 atom stereocenters. The first-order valence-electron chi connectivity index (χ1n) is 8.24. The lowest BCUT2D eigenvalue weighted by Crippen LogP contribution is -2.25. The lowest BCUT2D eigenvalue weighted by molar-refractivity contribution is -0.121. The van der Waals surface area contributed by atoms with Gasteiger partial charge in [-0.15, -0.1) is 12.4 Å². The van der Waals surface area contributed by atoms with Crippen LogP contribution in [-0.4, -0.2) is 24.0 Å². The normalized spacial score (nSPS) is 10.5. The molecule has 0 saturated heterocycles. The summed E-state index contributed by atoms with van der Waals surface area (Å²) in [6.07, 6.45) is 7.76. The Kier molecular flexibility index (Phi) is 8.74. The molecule has 0 saturated carbocycles. The number of amides is 1. The fourth-order valence-corrected chi connectivity index (χ4v) is 2.78. The third kappa shape index (κ3) is 5.88. The van der Waals surface area contributed by atoms with Gasteiger partial charge in [-0.2, -0.15) is 0 Å². The molecule has 0 radical (unpaired) electrons. The molecule has 0 bridgehead atoms. The van der Waals surface area contributed by atoms with Crippen molar-refractivity contribution < 1.29 is 4.79 Å². The van der Waals surface area contributed by atoms with Crippen LogP contribution in [0, 0.1) is 6.92 Å². The maximum Gasteiger partial charge on any atom is 0.220 e. The number of rotatable bonds is 9. The van der Waals surface area contributed by atoms with Gasteiger partial charge >= 0.3 is 0 Å². The van der Waals surface area contributed by atoms with Gasteiger partial charge in [0.1, 0.15) is 0 Å². The lowest BCUT2D eigenvalue weighted by Gasteiger charge is -2.05. The van der Waals surface area contributed by atoms with E-state index in [1.54, 1.807) is 0 Å². The summed E-state index contributed by atoms with van der Waals surface area (Å²) >= 11 is 0. The minimum absolute atomic E-state index is 0. The lowest BCUT2D eigenvalue weighted by atomic mass is 10.1. The molecule has 2 aromatic rings.